The maximum atomic E-state index is 13.1. The van der Waals surface area contributed by atoms with Gasteiger partial charge in [-0.3, -0.25) is 32.7 Å². The number of carbonyl (C=O) groups excluding carboxylic acids is 1. The lowest BCUT2D eigenvalue weighted by molar-refractivity contribution is -0.275. The Bertz CT molecular complexity index is 3180. The van der Waals surface area contributed by atoms with Crippen LogP contribution >= 0.6 is 0 Å². The summed E-state index contributed by atoms with van der Waals surface area (Å²) in [5, 5.41) is 0. The molecule has 2 N–H and O–H groups in total. The zero-order valence-corrected chi connectivity index (χ0v) is 39.9. The predicted octanol–water partition coefficient (Wildman–Crippen LogP) is 7.05. The Morgan fingerprint density at radius 2 is 1.10 bits per heavy atom. The van der Waals surface area contributed by atoms with Crippen LogP contribution in [0.25, 0.3) is 0 Å². The number of hydrogen-bond donors (Lipinski definition) is 1. The fraction of sp³-hybridized carbons (Fsp3) is 0.320. The SMILES string of the molecule is COc1ccc(Cn2c(=O)c(CC(=O)CCCOc3cccc(OC(F)(F)F)c3)c(N)n(C)c2=O)cc1.COc1ccc(Cn2c(=O)c3c(n(C)c2=O)N=C(CCCOc2cccc(OC(F)(F)F)c2)C3)cc1. The van der Waals surface area contributed by atoms with Crippen molar-refractivity contribution in [3.8, 4) is 34.5 Å². The maximum Gasteiger partial charge on any atom is 0.573 e. The summed E-state index contributed by atoms with van der Waals surface area (Å²) < 4.78 is 108. The third kappa shape index (κ3) is 14.9. The molecule has 2 aromatic heterocycles. The van der Waals surface area contributed by atoms with Crippen LogP contribution in [-0.4, -0.2) is 69.9 Å². The van der Waals surface area contributed by atoms with Crippen LogP contribution in [-0.2, 0) is 44.8 Å². The molecule has 73 heavy (non-hydrogen) atoms. The number of nitrogens with two attached hydrogens (primary N) is 1. The van der Waals surface area contributed by atoms with E-state index >= 15 is 0 Å². The number of hydrogen-bond acceptors (Lipinski definition) is 13. The van der Waals surface area contributed by atoms with Crippen LogP contribution in [0.15, 0.2) is 121 Å². The quantitative estimate of drug-likeness (QED) is 0.0605. The van der Waals surface area contributed by atoms with E-state index in [2.05, 4.69) is 14.5 Å². The maximum absolute atomic E-state index is 13.1. The van der Waals surface area contributed by atoms with Gasteiger partial charge in [0.25, 0.3) is 11.1 Å². The molecule has 4 aromatic carbocycles. The Labute approximate surface area is 412 Å². The van der Waals surface area contributed by atoms with Crippen molar-refractivity contribution in [1.82, 2.24) is 18.3 Å². The first-order chi connectivity index (χ1) is 34.6. The average molecular weight is 1020 g/mol. The number of halogens is 6. The minimum absolute atomic E-state index is 0.0120. The Kier molecular flexibility index (Phi) is 17.6. The van der Waals surface area contributed by atoms with Gasteiger partial charge in [0.05, 0.1) is 51.6 Å². The summed E-state index contributed by atoms with van der Waals surface area (Å²) in [7, 11) is 6.08. The van der Waals surface area contributed by atoms with Crippen molar-refractivity contribution in [3.63, 3.8) is 0 Å². The summed E-state index contributed by atoms with van der Waals surface area (Å²) in [6.07, 6.45) is -8.27. The first-order valence-electron chi connectivity index (χ1n) is 22.3. The summed E-state index contributed by atoms with van der Waals surface area (Å²) in [4.78, 5) is 68.7. The largest absolute Gasteiger partial charge is 0.573 e. The summed E-state index contributed by atoms with van der Waals surface area (Å²) in [6.45, 7) is 0.391. The highest BCUT2D eigenvalue weighted by Gasteiger charge is 2.32. The number of aliphatic imine (C=N–C) groups is 1. The molecule has 0 fully saturated rings. The summed E-state index contributed by atoms with van der Waals surface area (Å²) in [5.74, 6) is 0.873. The van der Waals surface area contributed by atoms with Crippen molar-refractivity contribution in [2.45, 2.75) is 64.3 Å². The molecule has 3 heterocycles. The number of benzene rings is 4. The summed E-state index contributed by atoms with van der Waals surface area (Å²) >= 11 is 0. The molecule has 388 valence electrons. The van der Waals surface area contributed by atoms with Gasteiger partial charge in [0.1, 0.15) is 51.9 Å². The van der Waals surface area contributed by atoms with Gasteiger partial charge in [0, 0.05) is 51.2 Å². The molecule has 1 aliphatic rings. The lowest BCUT2D eigenvalue weighted by Crippen LogP contribution is -2.42. The number of aromatic nitrogens is 4. The average Bonchev–Trinajstić information content (AvgIpc) is 3.79. The van der Waals surface area contributed by atoms with Crippen molar-refractivity contribution in [2.75, 3.05) is 33.2 Å². The molecule has 0 aliphatic carbocycles. The second-order valence-electron chi connectivity index (χ2n) is 16.3. The van der Waals surface area contributed by atoms with Crippen LogP contribution in [0.1, 0.15) is 47.9 Å². The minimum Gasteiger partial charge on any atom is -0.497 e. The number of nitrogen functional groups attached to an aromatic ring is 1. The lowest BCUT2D eigenvalue weighted by atomic mass is 10.1. The van der Waals surface area contributed by atoms with Crippen LogP contribution in [0.3, 0.4) is 0 Å². The van der Waals surface area contributed by atoms with E-state index in [0.717, 1.165) is 38.6 Å². The molecule has 0 bridgehead atoms. The fourth-order valence-corrected chi connectivity index (χ4v) is 7.51. The standard InChI is InChI=1S/C25H26F3N3O6.C25H24F3N3O5/c1-30-22(29)21(23(33)31(24(30)34)15-16-8-10-18(35-2)11-9-16)13-17(32)5-4-12-36-19-6-3-7-20(14-19)37-25(26,27)28;1-30-22-21(23(32)31(24(30)33)15-16-8-10-18(34-2)11-9-16)13-17(29-22)5-4-12-35-19-6-3-7-20(14-19)36-25(26,27)28/h3,6-11,14H,4-5,12-13,15,29H2,1-2H3;3,6-11,14H,4-5,12-13,15H2,1-2H3. The van der Waals surface area contributed by atoms with Gasteiger partial charge in [-0.2, -0.15) is 0 Å². The number of Topliss-reactive ketones (excluding diaryl/α,β-unsaturated/α-hetero) is 1. The number of ketones is 1. The Morgan fingerprint density at radius 1 is 0.630 bits per heavy atom. The van der Waals surface area contributed by atoms with Crippen LogP contribution in [0.5, 0.6) is 34.5 Å². The number of methoxy groups -OCH3 is 2. The third-order valence-electron chi connectivity index (χ3n) is 11.1. The monoisotopic (exact) mass is 1020 g/mol. The van der Waals surface area contributed by atoms with Gasteiger partial charge < -0.3 is 34.2 Å². The molecule has 0 saturated carbocycles. The van der Waals surface area contributed by atoms with E-state index in [4.69, 9.17) is 24.7 Å². The molecule has 23 heteroatoms. The molecular weight excluding hydrogens is 975 g/mol. The fourth-order valence-electron chi connectivity index (χ4n) is 7.51. The van der Waals surface area contributed by atoms with Crippen LogP contribution < -0.4 is 56.7 Å². The van der Waals surface area contributed by atoms with E-state index in [1.807, 2.05) is 0 Å². The Morgan fingerprint density at radius 3 is 1.59 bits per heavy atom. The number of anilines is 1. The van der Waals surface area contributed by atoms with Gasteiger partial charge in [0.2, 0.25) is 0 Å². The third-order valence-corrected chi connectivity index (χ3v) is 11.1. The van der Waals surface area contributed by atoms with Gasteiger partial charge in [-0.15, -0.1) is 26.3 Å². The molecule has 0 atom stereocenters. The van der Waals surface area contributed by atoms with Gasteiger partial charge in [-0.25, -0.2) is 14.6 Å². The highest BCUT2D eigenvalue weighted by atomic mass is 19.4. The highest BCUT2D eigenvalue weighted by molar-refractivity contribution is 5.93. The Balaban J connectivity index is 0.000000238. The van der Waals surface area contributed by atoms with Crippen molar-refractivity contribution in [1.29, 1.82) is 0 Å². The molecule has 0 unspecified atom stereocenters. The molecule has 0 amide bonds. The Hall–Kier alpha value is -8.24. The topological polar surface area (TPSA) is 199 Å². The van der Waals surface area contributed by atoms with E-state index in [-0.39, 0.29) is 85.5 Å². The second-order valence-corrected chi connectivity index (χ2v) is 16.3. The van der Waals surface area contributed by atoms with Crippen LogP contribution in [0, 0.1) is 0 Å². The predicted molar refractivity (Wildman–Crippen MR) is 256 cm³/mol. The van der Waals surface area contributed by atoms with E-state index in [1.54, 1.807) is 62.7 Å². The van der Waals surface area contributed by atoms with E-state index in [0.29, 0.717) is 47.7 Å². The van der Waals surface area contributed by atoms with Crippen molar-refractivity contribution in [2.24, 2.45) is 19.1 Å². The number of carbonyl (C=O) groups is 1. The second kappa shape index (κ2) is 23.8. The normalized spacial score (nSPS) is 12.0. The number of ether oxygens (including phenoxy) is 6. The van der Waals surface area contributed by atoms with Gasteiger partial charge >= 0.3 is 24.1 Å². The van der Waals surface area contributed by atoms with E-state index < -0.39 is 35.4 Å². The molecule has 6 aromatic rings. The first kappa shape index (κ1) is 54.1. The molecule has 7 rings (SSSR count). The van der Waals surface area contributed by atoms with Crippen molar-refractivity contribution < 1.29 is 59.6 Å². The number of alkyl halides is 6. The van der Waals surface area contributed by atoms with Crippen LogP contribution in [0.4, 0.5) is 38.0 Å². The summed E-state index contributed by atoms with van der Waals surface area (Å²) in [5.41, 5.74) is 6.57. The van der Waals surface area contributed by atoms with E-state index in [9.17, 15) is 50.3 Å². The molecular formula is C50H50F6N6O11. The highest BCUT2D eigenvalue weighted by Crippen LogP contribution is 2.28. The summed E-state index contributed by atoms with van der Waals surface area (Å²) in [6, 6.07) is 24.3. The molecule has 17 nitrogen and oxygen atoms in total. The van der Waals surface area contributed by atoms with Crippen molar-refractivity contribution >= 4 is 23.1 Å². The first-order valence-corrected chi connectivity index (χ1v) is 22.3. The number of rotatable bonds is 20. The minimum atomic E-state index is -4.82. The number of fused-ring (bicyclic) bond motifs is 1. The van der Waals surface area contributed by atoms with Crippen molar-refractivity contribution in [3.05, 3.63) is 161 Å². The van der Waals surface area contributed by atoms with Gasteiger partial charge in [-0.05, 0) is 78.9 Å². The zero-order valence-electron chi connectivity index (χ0n) is 39.9. The molecule has 1 aliphatic heterocycles. The lowest BCUT2D eigenvalue weighted by Gasteiger charge is -2.14. The molecule has 0 radical (unpaired) electrons. The van der Waals surface area contributed by atoms with Gasteiger partial charge in [-0.1, -0.05) is 36.4 Å². The smallest absolute Gasteiger partial charge is 0.497 e. The molecule has 0 saturated heterocycles. The van der Waals surface area contributed by atoms with Gasteiger partial charge in [0.15, 0.2) is 0 Å². The van der Waals surface area contributed by atoms with E-state index in [1.165, 1.54) is 53.6 Å². The molecule has 0 spiro atoms. The number of nitrogens with zero attached hydrogens (tertiary/aromatic N) is 5. The van der Waals surface area contributed by atoms with Crippen LogP contribution in [0.2, 0.25) is 0 Å². The zero-order chi connectivity index (χ0) is 53.0.